The van der Waals surface area contributed by atoms with Crippen molar-refractivity contribution in [1.82, 2.24) is 14.9 Å². The number of aromatic nitrogens is 2. The van der Waals surface area contributed by atoms with Gasteiger partial charge >= 0.3 is 0 Å². The molecule has 2 N–H and O–H groups in total. The maximum absolute atomic E-state index is 9.06. The fourth-order valence-electron chi connectivity index (χ4n) is 1.17. The molecule has 0 aliphatic carbocycles. The van der Waals surface area contributed by atoms with E-state index in [1.165, 1.54) is 0 Å². The van der Waals surface area contributed by atoms with Gasteiger partial charge in [-0.3, -0.25) is 0 Å². The molecule has 1 heterocycles. The lowest BCUT2D eigenvalue weighted by Crippen LogP contribution is -2.42. The summed E-state index contributed by atoms with van der Waals surface area (Å²) in [4.78, 5) is 4.08. The van der Waals surface area contributed by atoms with E-state index in [1.807, 2.05) is 26.4 Å². The number of nitrogens with one attached hydrogen (secondary N) is 1. The molecule has 0 radical (unpaired) electrons. The van der Waals surface area contributed by atoms with Gasteiger partial charge in [-0.1, -0.05) is 0 Å². The van der Waals surface area contributed by atoms with Crippen LogP contribution in [0.3, 0.4) is 0 Å². The lowest BCUT2D eigenvalue weighted by molar-refractivity contribution is 0.186. The summed E-state index contributed by atoms with van der Waals surface area (Å²) in [6.45, 7) is 7.83. The monoisotopic (exact) mass is 197 g/mol. The first-order valence-electron chi connectivity index (χ1n) is 4.94. The van der Waals surface area contributed by atoms with Gasteiger partial charge in [-0.25, -0.2) is 4.98 Å². The van der Waals surface area contributed by atoms with Crippen LogP contribution in [0.4, 0.5) is 0 Å². The average molecular weight is 197 g/mol. The molecule has 0 atom stereocenters. The Morgan fingerprint density at radius 3 is 2.86 bits per heavy atom. The van der Waals surface area contributed by atoms with Crippen LogP contribution in [-0.2, 0) is 13.1 Å². The summed E-state index contributed by atoms with van der Waals surface area (Å²) < 4.78 is 2.08. The predicted molar refractivity (Wildman–Crippen MR) is 55.9 cm³/mol. The zero-order valence-corrected chi connectivity index (χ0v) is 9.12. The van der Waals surface area contributed by atoms with Crippen LogP contribution in [0.15, 0.2) is 12.5 Å². The first kappa shape index (κ1) is 11.2. The van der Waals surface area contributed by atoms with Gasteiger partial charge in [-0.15, -0.1) is 0 Å². The number of aliphatic hydroxyl groups excluding tert-OH is 1. The molecular weight excluding hydrogens is 178 g/mol. The Morgan fingerprint density at radius 1 is 1.57 bits per heavy atom. The summed E-state index contributed by atoms with van der Waals surface area (Å²) in [7, 11) is 0. The van der Waals surface area contributed by atoms with Crippen molar-refractivity contribution < 1.29 is 5.11 Å². The minimum atomic E-state index is -0.233. The lowest BCUT2D eigenvalue weighted by atomic mass is 10.1. The topological polar surface area (TPSA) is 50.1 Å². The third-order valence-corrected chi connectivity index (χ3v) is 2.28. The third kappa shape index (κ3) is 2.82. The molecule has 0 saturated carbocycles. The number of rotatable bonds is 5. The van der Waals surface area contributed by atoms with Gasteiger partial charge in [-0.05, 0) is 20.8 Å². The fraction of sp³-hybridized carbons (Fsp3) is 0.700. The molecule has 1 aromatic rings. The number of hydrogen-bond donors (Lipinski definition) is 2. The van der Waals surface area contributed by atoms with Crippen LogP contribution in [0, 0.1) is 0 Å². The largest absolute Gasteiger partial charge is 0.394 e. The van der Waals surface area contributed by atoms with E-state index in [9.17, 15) is 0 Å². The number of nitrogens with zero attached hydrogens (tertiary/aromatic N) is 2. The molecule has 80 valence electrons. The highest BCUT2D eigenvalue weighted by atomic mass is 16.3. The molecule has 0 bridgehead atoms. The highest BCUT2D eigenvalue weighted by molar-refractivity contribution is 4.98. The number of aryl methyl sites for hydroxylation is 1. The van der Waals surface area contributed by atoms with Crippen LogP contribution in [0.5, 0.6) is 0 Å². The molecule has 0 saturated heterocycles. The summed E-state index contributed by atoms with van der Waals surface area (Å²) >= 11 is 0. The maximum atomic E-state index is 9.06. The van der Waals surface area contributed by atoms with Crippen LogP contribution in [-0.4, -0.2) is 26.8 Å². The summed E-state index contributed by atoms with van der Waals surface area (Å²) in [5.41, 5.74) is 0.914. The molecule has 4 nitrogen and oxygen atoms in total. The van der Waals surface area contributed by atoms with Gasteiger partial charge in [0.2, 0.25) is 0 Å². The van der Waals surface area contributed by atoms with Crippen molar-refractivity contribution in [2.24, 2.45) is 0 Å². The van der Waals surface area contributed by atoms with Crippen molar-refractivity contribution in [1.29, 1.82) is 0 Å². The van der Waals surface area contributed by atoms with Crippen molar-refractivity contribution >= 4 is 0 Å². The second kappa shape index (κ2) is 4.57. The van der Waals surface area contributed by atoms with Crippen molar-refractivity contribution in [3.63, 3.8) is 0 Å². The van der Waals surface area contributed by atoms with E-state index in [1.54, 1.807) is 0 Å². The molecule has 1 aromatic heterocycles. The Hall–Kier alpha value is -0.870. The minimum Gasteiger partial charge on any atom is -0.394 e. The Labute approximate surface area is 85.0 Å². The zero-order chi connectivity index (χ0) is 10.6. The van der Waals surface area contributed by atoms with Gasteiger partial charge in [0.25, 0.3) is 0 Å². The van der Waals surface area contributed by atoms with Gasteiger partial charge in [0.05, 0.1) is 18.6 Å². The van der Waals surface area contributed by atoms with E-state index in [0.717, 1.165) is 18.8 Å². The fourth-order valence-corrected chi connectivity index (χ4v) is 1.17. The number of imidazole rings is 1. The molecule has 0 fully saturated rings. The van der Waals surface area contributed by atoms with Gasteiger partial charge in [0, 0.05) is 24.8 Å². The Morgan fingerprint density at radius 2 is 2.29 bits per heavy atom. The Bertz CT molecular complexity index is 281. The summed E-state index contributed by atoms with van der Waals surface area (Å²) in [6.07, 6.45) is 3.67. The zero-order valence-electron chi connectivity index (χ0n) is 9.12. The summed E-state index contributed by atoms with van der Waals surface area (Å²) in [5.74, 6) is 0. The second-order valence-corrected chi connectivity index (χ2v) is 4.07. The number of aliphatic hydroxyl groups is 1. The van der Waals surface area contributed by atoms with E-state index < -0.39 is 0 Å². The van der Waals surface area contributed by atoms with Crippen molar-refractivity contribution in [3.8, 4) is 0 Å². The van der Waals surface area contributed by atoms with E-state index in [2.05, 4.69) is 21.8 Å². The third-order valence-electron chi connectivity index (χ3n) is 2.28. The summed E-state index contributed by atoms with van der Waals surface area (Å²) in [6, 6.07) is 0. The molecule has 0 amide bonds. The van der Waals surface area contributed by atoms with Gasteiger partial charge < -0.3 is 15.0 Å². The second-order valence-electron chi connectivity index (χ2n) is 4.07. The molecule has 0 aliphatic rings. The van der Waals surface area contributed by atoms with E-state index >= 15 is 0 Å². The SMILES string of the molecule is CCn1cncc1CNC(C)(C)CO. The first-order chi connectivity index (χ1) is 6.59. The molecule has 0 aromatic carbocycles. The van der Waals surface area contributed by atoms with Crippen LogP contribution in [0.2, 0.25) is 0 Å². The predicted octanol–water partition coefficient (Wildman–Crippen LogP) is 0.763. The average Bonchev–Trinajstić information content (AvgIpc) is 2.62. The highest BCUT2D eigenvalue weighted by Crippen LogP contribution is 2.04. The van der Waals surface area contributed by atoms with Crippen molar-refractivity contribution in [3.05, 3.63) is 18.2 Å². The molecule has 4 heteroatoms. The molecule has 0 aliphatic heterocycles. The quantitative estimate of drug-likeness (QED) is 0.733. The Kier molecular flexibility index (Phi) is 3.66. The van der Waals surface area contributed by atoms with Gasteiger partial charge in [-0.2, -0.15) is 0 Å². The van der Waals surface area contributed by atoms with Crippen molar-refractivity contribution in [2.75, 3.05) is 6.61 Å². The Balaban J connectivity index is 2.53. The van der Waals surface area contributed by atoms with Gasteiger partial charge in [0.15, 0.2) is 0 Å². The first-order valence-corrected chi connectivity index (χ1v) is 4.94. The lowest BCUT2D eigenvalue weighted by Gasteiger charge is -2.23. The van der Waals surface area contributed by atoms with Crippen molar-refractivity contribution in [2.45, 2.75) is 39.4 Å². The van der Waals surface area contributed by atoms with Crippen LogP contribution < -0.4 is 5.32 Å². The molecular formula is C10H19N3O. The van der Waals surface area contributed by atoms with Gasteiger partial charge in [0.1, 0.15) is 0 Å². The normalized spacial score (nSPS) is 12.0. The minimum absolute atomic E-state index is 0.132. The molecule has 14 heavy (non-hydrogen) atoms. The molecule has 0 spiro atoms. The van der Waals surface area contributed by atoms with Crippen LogP contribution in [0.25, 0.3) is 0 Å². The van der Waals surface area contributed by atoms with E-state index in [0.29, 0.717) is 0 Å². The summed E-state index contributed by atoms with van der Waals surface area (Å²) in [5, 5.41) is 12.3. The molecule has 1 rings (SSSR count). The van der Waals surface area contributed by atoms with Crippen LogP contribution in [0.1, 0.15) is 26.5 Å². The number of hydrogen-bond acceptors (Lipinski definition) is 3. The van der Waals surface area contributed by atoms with E-state index in [-0.39, 0.29) is 12.1 Å². The van der Waals surface area contributed by atoms with E-state index in [4.69, 9.17) is 5.11 Å². The smallest absolute Gasteiger partial charge is 0.0948 e. The maximum Gasteiger partial charge on any atom is 0.0948 e. The highest BCUT2D eigenvalue weighted by Gasteiger charge is 2.15. The standard InChI is InChI=1S/C10H19N3O/c1-4-13-8-11-5-9(13)6-12-10(2,3)7-14/h5,8,12,14H,4,6-7H2,1-3H3. The molecule has 0 unspecified atom stereocenters. The van der Waals surface area contributed by atoms with Crippen LogP contribution >= 0.6 is 0 Å².